The highest BCUT2D eigenvalue weighted by molar-refractivity contribution is 5.73. The molecule has 0 bridgehead atoms. The molecular weight excluding hydrogens is 269 g/mol. The van der Waals surface area contributed by atoms with Gasteiger partial charge in [0.05, 0.1) is 12.7 Å². The van der Waals surface area contributed by atoms with Crippen LogP contribution in [0.3, 0.4) is 0 Å². The Morgan fingerprint density at radius 1 is 1.43 bits per heavy atom. The van der Waals surface area contributed by atoms with Gasteiger partial charge in [-0.05, 0) is 48.8 Å². The van der Waals surface area contributed by atoms with Crippen molar-refractivity contribution in [2.75, 3.05) is 19.7 Å². The average molecular weight is 291 g/mol. The first-order chi connectivity index (χ1) is 10.1. The zero-order valence-electron chi connectivity index (χ0n) is 12.5. The molecule has 0 aliphatic carbocycles. The third-order valence-electron chi connectivity index (χ3n) is 4.91. The number of amides is 1. The first kappa shape index (κ1) is 14.5. The summed E-state index contributed by atoms with van der Waals surface area (Å²) in [5.74, 6) is -0.0185. The van der Waals surface area contributed by atoms with E-state index in [1.165, 1.54) is 6.07 Å². The Morgan fingerprint density at radius 3 is 2.86 bits per heavy atom. The third-order valence-corrected chi connectivity index (χ3v) is 4.91. The molecule has 1 aromatic carbocycles. The fraction of sp³-hybridized carbons (Fsp3) is 0.588. The first-order valence-electron chi connectivity index (χ1n) is 7.68. The summed E-state index contributed by atoms with van der Waals surface area (Å²) in [6.07, 6.45) is 4.01. The van der Waals surface area contributed by atoms with Crippen LogP contribution in [0.15, 0.2) is 24.3 Å². The van der Waals surface area contributed by atoms with Crippen molar-refractivity contribution in [2.24, 2.45) is 5.41 Å². The van der Waals surface area contributed by atoms with Crippen LogP contribution in [0.1, 0.15) is 31.7 Å². The summed E-state index contributed by atoms with van der Waals surface area (Å²) in [5.41, 5.74) is 1.22. The molecule has 0 radical (unpaired) electrons. The van der Waals surface area contributed by atoms with Gasteiger partial charge < -0.3 is 9.64 Å². The fourth-order valence-corrected chi connectivity index (χ4v) is 3.60. The van der Waals surface area contributed by atoms with Crippen molar-refractivity contribution in [3.63, 3.8) is 0 Å². The number of ether oxygens (including phenoxy) is 1. The Labute approximate surface area is 125 Å². The predicted octanol–water partition coefficient (Wildman–Crippen LogP) is 2.79. The second-order valence-corrected chi connectivity index (χ2v) is 6.48. The van der Waals surface area contributed by atoms with E-state index in [0.29, 0.717) is 0 Å². The maximum absolute atomic E-state index is 13.2. The van der Waals surface area contributed by atoms with Crippen LogP contribution in [-0.2, 0) is 16.0 Å². The van der Waals surface area contributed by atoms with Crippen molar-refractivity contribution in [2.45, 2.75) is 38.7 Å². The van der Waals surface area contributed by atoms with Crippen LogP contribution in [0.25, 0.3) is 0 Å². The van der Waals surface area contributed by atoms with E-state index in [1.54, 1.807) is 19.1 Å². The van der Waals surface area contributed by atoms with E-state index in [0.717, 1.165) is 50.9 Å². The monoisotopic (exact) mass is 291 g/mol. The molecule has 2 fully saturated rings. The lowest BCUT2D eigenvalue weighted by Gasteiger charge is -2.38. The normalized spacial score (nSPS) is 24.5. The van der Waals surface area contributed by atoms with Gasteiger partial charge in [-0.3, -0.25) is 4.79 Å². The number of carbonyl (C=O) groups excluding carboxylic acids is 1. The number of likely N-dealkylation sites (tertiary alicyclic amines) is 1. The summed E-state index contributed by atoms with van der Waals surface area (Å²) in [4.78, 5) is 13.3. The maximum atomic E-state index is 13.2. The van der Waals surface area contributed by atoms with Crippen LogP contribution in [-0.4, -0.2) is 36.6 Å². The molecule has 1 amide bonds. The van der Waals surface area contributed by atoms with Gasteiger partial charge in [0, 0.05) is 20.0 Å². The molecule has 3 nitrogen and oxygen atoms in total. The van der Waals surface area contributed by atoms with Gasteiger partial charge in [0.15, 0.2) is 0 Å². The topological polar surface area (TPSA) is 29.5 Å². The van der Waals surface area contributed by atoms with E-state index in [-0.39, 0.29) is 23.2 Å². The van der Waals surface area contributed by atoms with Crippen LogP contribution in [0.4, 0.5) is 4.39 Å². The number of carbonyl (C=O) groups is 1. The van der Waals surface area contributed by atoms with Gasteiger partial charge in [-0.15, -0.1) is 0 Å². The van der Waals surface area contributed by atoms with Gasteiger partial charge >= 0.3 is 0 Å². The van der Waals surface area contributed by atoms with Gasteiger partial charge in [0.25, 0.3) is 0 Å². The third kappa shape index (κ3) is 3.26. The quantitative estimate of drug-likeness (QED) is 0.838. The van der Waals surface area contributed by atoms with E-state index in [9.17, 15) is 9.18 Å². The average Bonchev–Trinajstić information content (AvgIpc) is 2.82. The zero-order chi connectivity index (χ0) is 14.9. The SMILES string of the molecule is CC(=O)N1CCC2(CC1)CO[C@@H](Cc1cccc(F)c1)C2. The summed E-state index contributed by atoms with van der Waals surface area (Å²) >= 11 is 0. The molecule has 2 heterocycles. The van der Waals surface area contributed by atoms with E-state index in [1.807, 2.05) is 11.0 Å². The fourth-order valence-electron chi connectivity index (χ4n) is 3.60. The van der Waals surface area contributed by atoms with Gasteiger partial charge in [0.2, 0.25) is 5.91 Å². The van der Waals surface area contributed by atoms with Crippen molar-refractivity contribution >= 4 is 5.91 Å². The smallest absolute Gasteiger partial charge is 0.219 e. The second-order valence-electron chi connectivity index (χ2n) is 6.48. The lowest BCUT2D eigenvalue weighted by molar-refractivity contribution is -0.131. The Hall–Kier alpha value is -1.42. The molecule has 1 atom stereocenters. The Kier molecular flexibility index (Phi) is 3.98. The molecule has 1 spiro atoms. The largest absolute Gasteiger partial charge is 0.377 e. The summed E-state index contributed by atoms with van der Waals surface area (Å²) in [6.45, 7) is 4.09. The van der Waals surface area contributed by atoms with Crippen molar-refractivity contribution in [3.05, 3.63) is 35.6 Å². The first-order valence-corrected chi connectivity index (χ1v) is 7.68. The molecule has 0 saturated carbocycles. The van der Waals surface area contributed by atoms with Crippen LogP contribution in [0.5, 0.6) is 0 Å². The highest BCUT2D eigenvalue weighted by atomic mass is 19.1. The molecule has 2 saturated heterocycles. The Bertz CT molecular complexity index is 523. The minimum atomic E-state index is -0.185. The van der Waals surface area contributed by atoms with Crippen molar-refractivity contribution in [3.8, 4) is 0 Å². The second kappa shape index (κ2) is 5.76. The van der Waals surface area contributed by atoms with E-state index in [2.05, 4.69) is 0 Å². The van der Waals surface area contributed by atoms with E-state index >= 15 is 0 Å². The summed E-state index contributed by atoms with van der Waals surface area (Å²) < 4.78 is 19.2. The standard InChI is InChI=1S/C17H22FNO2/c1-13(20)19-7-5-17(6-8-19)11-16(21-12-17)10-14-3-2-4-15(18)9-14/h2-4,9,16H,5-8,10-12H2,1H3/t16-/m0/s1. The molecule has 3 rings (SSSR count). The summed E-state index contributed by atoms with van der Waals surface area (Å²) in [7, 11) is 0. The van der Waals surface area contributed by atoms with E-state index in [4.69, 9.17) is 4.74 Å². The van der Waals surface area contributed by atoms with Gasteiger partial charge in [-0.1, -0.05) is 12.1 Å². The number of halogens is 1. The predicted molar refractivity (Wildman–Crippen MR) is 78.4 cm³/mol. The van der Waals surface area contributed by atoms with Crippen LogP contribution in [0, 0.1) is 11.2 Å². The molecule has 4 heteroatoms. The molecule has 114 valence electrons. The molecule has 21 heavy (non-hydrogen) atoms. The lowest BCUT2D eigenvalue weighted by atomic mass is 9.76. The number of nitrogens with zero attached hydrogens (tertiary/aromatic N) is 1. The molecule has 0 N–H and O–H groups in total. The number of rotatable bonds is 2. The van der Waals surface area contributed by atoms with Crippen molar-refractivity contribution in [1.82, 2.24) is 4.90 Å². The van der Waals surface area contributed by atoms with Crippen LogP contribution >= 0.6 is 0 Å². The van der Waals surface area contributed by atoms with Crippen LogP contribution in [0.2, 0.25) is 0 Å². The molecule has 1 aromatic rings. The lowest BCUT2D eigenvalue weighted by Crippen LogP contribution is -2.42. The van der Waals surface area contributed by atoms with Gasteiger partial charge in [-0.2, -0.15) is 0 Å². The zero-order valence-corrected chi connectivity index (χ0v) is 12.5. The molecule has 0 unspecified atom stereocenters. The Morgan fingerprint density at radius 2 is 2.19 bits per heavy atom. The van der Waals surface area contributed by atoms with E-state index < -0.39 is 0 Å². The van der Waals surface area contributed by atoms with Crippen LogP contribution < -0.4 is 0 Å². The van der Waals surface area contributed by atoms with Crippen molar-refractivity contribution in [1.29, 1.82) is 0 Å². The number of benzene rings is 1. The Balaban J connectivity index is 1.57. The maximum Gasteiger partial charge on any atom is 0.219 e. The molecular formula is C17H22FNO2. The number of hydrogen-bond acceptors (Lipinski definition) is 2. The minimum Gasteiger partial charge on any atom is -0.377 e. The van der Waals surface area contributed by atoms with Gasteiger partial charge in [-0.25, -0.2) is 4.39 Å². The minimum absolute atomic E-state index is 0.167. The molecule has 2 aliphatic heterocycles. The summed E-state index contributed by atoms with van der Waals surface area (Å²) in [5, 5.41) is 0. The van der Waals surface area contributed by atoms with Gasteiger partial charge in [0.1, 0.15) is 5.82 Å². The molecule has 2 aliphatic rings. The summed E-state index contributed by atoms with van der Waals surface area (Å²) in [6, 6.07) is 6.77. The number of hydrogen-bond donors (Lipinski definition) is 0. The highest BCUT2D eigenvalue weighted by Crippen LogP contribution is 2.42. The number of piperidine rings is 1. The highest BCUT2D eigenvalue weighted by Gasteiger charge is 2.42. The van der Waals surface area contributed by atoms with Crippen molar-refractivity contribution < 1.29 is 13.9 Å². The molecule has 0 aromatic heterocycles.